The summed E-state index contributed by atoms with van der Waals surface area (Å²) < 4.78 is 44.6. The van der Waals surface area contributed by atoms with Crippen LogP contribution in [0.15, 0.2) is 70.7 Å². The number of carbonyl (C=O) groups is 2. The van der Waals surface area contributed by atoms with Gasteiger partial charge in [-0.25, -0.2) is 0 Å². The molecule has 1 fully saturated rings. The second-order valence-electron chi connectivity index (χ2n) is 7.02. The Bertz CT molecular complexity index is 1280. The zero-order valence-corrected chi connectivity index (χ0v) is 17.4. The molecule has 162 valence electrons. The fraction of sp³-hybridized carbons (Fsp3) is 0.0870. The van der Waals surface area contributed by atoms with Gasteiger partial charge in [-0.05, 0) is 61.1 Å². The fourth-order valence-corrected chi connectivity index (χ4v) is 3.54. The van der Waals surface area contributed by atoms with Crippen molar-refractivity contribution < 1.29 is 27.2 Å². The topological polar surface area (TPSA) is 62.6 Å². The summed E-state index contributed by atoms with van der Waals surface area (Å²) >= 11 is 5.18. The number of nitrogens with zero attached hydrogens (tertiary/aromatic N) is 1. The molecule has 0 bridgehead atoms. The normalized spacial score (nSPS) is 15.9. The van der Waals surface area contributed by atoms with Crippen molar-refractivity contribution in [3.63, 3.8) is 0 Å². The average Bonchev–Trinajstić information content (AvgIpc) is 3.21. The number of furan rings is 1. The number of hydrogen-bond donors (Lipinski definition) is 1. The molecule has 2 amide bonds. The molecule has 0 saturated carbocycles. The van der Waals surface area contributed by atoms with Gasteiger partial charge in [0.1, 0.15) is 17.1 Å². The van der Waals surface area contributed by atoms with Gasteiger partial charge in [0.05, 0.1) is 11.3 Å². The number of rotatable bonds is 3. The molecule has 0 atom stereocenters. The van der Waals surface area contributed by atoms with E-state index in [4.69, 9.17) is 16.6 Å². The van der Waals surface area contributed by atoms with Crippen LogP contribution in [0.4, 0.5) is 18.9 Å². The van der Waals surface area contributed by atoms with E-state index in [0.29, 0.717) is 5.69 Å². The Labute approximate surface area is 186 Å². The largest absolute Gasteiger partial charge is 0.457 e. The van der Waals surface area contributed by atoms with Gasteiger partial charge >= 0.3 is 6.18 Å². The first-order valence-corrected chi connectivity index (χ1v) is 9.80. The number of para-hydroxylation sites is 1. The van der Waals surface area contributed by atoms with E-state index in [1.807, 2.05) is 6.07 Å². The molecule has 5 nitrogen and oxygen atoms in total. The lowest BCUT2D eigenvalue weighted by Crippen LogP contribution is -2.54. The second-order valence-corrected chi connectivity index (χ2v) is 7.41. The Morgan fingerprint density at radius 3 is 2.50 bits per heavy atom. The molecular weight excluding hydrogens is 441 g/mol. The van der Waals surface area contributed by atoms with E-state index in [1.165, 1.54) is 35.2 Å². The maximum absolute atomic E-state index is 13.1. The smallest absolute Gasteiger partial charge is 0.416 e. The fourth-order valence-electron chi connectivity index (χ4n) is 3.27. The van der Waals surface area contributed by atoms with E-state index >= 15 is 0 Å². The van der Waals surface area contributed by atoms with Crippen LogP contribution in [-0.2, 0) is 15.8 Å². The molecule has 1 aromatic heterocycles. The highest BCUT2D eigenvalue weighted by Gasteiger charge is 2.35. The van der Waals surface area contributed by atoms with Gasteiger partial charge in [-0.3, -0.25) is 19.8 Å². The molecule has 0 aliphatic carbocycles. The van der Waals surface area contributed by atoms with Crippen LogP contribution in [0.3, 0.4) is 0 Å². The van der Waals surface area contributed by atoms with E-state index in [-0.39, 0.29) is 27.8 Å². The van der Waals surface area contributed by atoms with Gasteiger partial charge in [-0.1, -0.05) is 30.3 Å². The Morgan fingerprint density at radius 1 is 1.03 bits per heavy atom. The summed E-state index contributed by atoms with van der Waals surface area (Å²) in [5.41, 5.74) is 0.495. The molecule has 3 aromatic rings. The maximum atomic E-state index is 13.1. The van der Waals surface area contributed by atoms with Crippen molar-refractivity contribution >= 4 is 40.9 Å². The van der Waals surface area contributed by atoms with Crippen LogP contribution in [0.5, 0.6) is 0 Å². The Kier molecular flexibility index (Phi) is 5.43. The number of aryl methyl sites for hydroxylation is 1. The Morgan fingerprint density at radius 2 is 1.78 bits per heavy atom. The van der Waals surface area contributed by atoms with Crippen molar-refractivity contribution in [1.29, 1.82) is 0 Å². The summed E-state index contributed by atoms with van der Waals surface area (Å²) in [6.07, 6.45) is -3.25. The highest BCUT2D eigenvalue weighted by molar-refractivity contribution is 7.80. The van der Waals surface area contributed by atoms with Crippen molar-refractivity contribution in [3.05, 3.63) is 83.1 Å². The summed E-state index contributed by atoms with van der Waals surface area (Å²) in [7, 11) is 0. The number of anilines is 1. The molecule has 2 heterocycles. The Hall–Kier alpha value is -3.72. The molecule has 4 rings (SSSR count). The standard InChI is InChI=1S/C23H15F3N2O3S/c1-13-5-2-3-8-18(13)28-21(30)17(20(29)27-22(28)32)12-16-9-10-19(31-16)14-6-4-7-15(11-14)23(24,25)26/h2-12H,1H3,(H,27,29,32)/b17-12+. The van der Waals surface area contributed by atoms with Crippen LogP contribution in [0.2, 0.25) is 0 Å². The summed E-state index contributed by atoms with van der Waals surface area (Å²) in [6.45, 7) is 1.80. The third-order valence-electron chi connectivity index (χ3n) is 4.85. The van der Waals surface area contributed by atoms with Crippen LogP contribution in [-0.4, -0.2) is 16.9 Å². The monoisotopic (exact) mass is 456 g/mol. The van der Waals surface area contributed by atoms with Gasteiger partial charge in [-0.2, -0.15) is 13.2 Å². The van der Waals surface area contributed by atoms with Gasteiger partial charge in [0.25, 0.3) is 11.8 Å². The summed E-state index contributed by atoms with van der Waals surface area (Å²) in [4.78, 5) is 26.7. The van der Waals surface area contributed by atoms with Crippen molar-refractivity contribution in [2.75, 3.05) is 4.90 Å². The lowest BCUT2D eigenvalue weighted by molar-refractivity contribution is -0.137. The molecular formula is C23H15F3N2O3S. The van der Waals surface area contributed by atoms with Gasteiger partial charge in [0, 0.05) is 5.56 Å². The molecule has 32 heavy (non-hydrogen) atoms. The number of hydrogen-bond acceptors (Lipinski definition) is 4. The highest BCUT2D eigenvalue weighted by atomic mass is 32.1. The van der Waals surface area contributed by atoms with Crippen molar-refractivity contribution in [2.24, 2.45) is 0 Å². The minimum atomic E-state index is -4.49. The zero-order chi connectivity index (χ0) is 23.0. The van der Waals surface area contributed by atoms with Crippen LogP contribution >= 0.6 is 12.2 Å². The number of thiocarbonyl (C=S) groups is 1. The minimum absolute atomic E-state index is 0.0458. The molecule has 1 saturated heterocycles. The number of alkyl halides is 3. The zero-order valence-electron chi connectivity index (χ0n) is 16.6. The lowest BCUT2D eigenvalue weighted by Gasteiger charge is -2.29. The molecule has 1 N–H and O–H groups in total. The highest BCUT2D eigenvalue weighted by Crippen LogP contribution is 2.33. The molecule has 2 aromatic carbocycles. The SMILES string of the molecule is Cc1ccccc1N1C(=O)/C(=C/c2ccc(-c3cccc(C(F)(F)F)c3)o2)C(=O)NC1=S. The summed E-state index contributed by atoms with van der Waals surface area (Å²) in [5, 5.41) is 2.44. The van der Waals surface area contributed by atoms with Crippen molar-refractivity contribution in [1.82, 2.24) is 5.32 Å². The quantitative estimate of drug-likeness (QED) is 0.338. The summed E-state index contributed by atoms with van der Waals surface area (Å²) in [5.74, 6) is -1.03. The third-order valence-corrected chi connectivity index (χ3v) is 5.13. The van der Waals surface area contributed by atoms with Gasteiger partial charge in [-0.15, -0.1) is 0 Å². The van der Waals surface area contributed by atoms with Crippen molar-refractivity contribution in [2.45, 2.75) is 13.1 Å². The first-order valence-electron chi connectivity index (χ1n) is 9.40. The van der Waals surface area contributed by atoms with Crippen LogP contribution in [0.25, 0.3) is 17.4 Å². The molecule has 0 radical (unpaired) electrons. The van der Waals surface area contributed by atoms with Crippen LogP contribution < -0.4 is 10.2 Å². The molecule has 0 unspecified atom stereocenters. The minimum Gasteiger partial charge on any atom is -0.457 e. The van der Waals surface area contributed by atoms with E-state index in [2.05, 4.69) is 5.32 Å². The first kappa shape index (κ1) is 21.5. The van der Waals surface area contributed by atoms with Crippen LogP contribution in [0, 0.1) is 6.92 Å². The van der Waals surface area contributed by atoms with E-state index < -0.39 is 23.6 Å². The van der Waals surface area contributed by atoms with E-state index in [0.717, 1.165) is 17.7 Å². The number of amides is 2. The summed E-state index contributed by atoms with van der Waals surface area (Å²) in [6, 6.07) is 14.7. The predicted molar refractivity (Wildman–Crippen MR) is 117 cm³/mol. The number of carbonyl (C=O) groups excluding carboxylic acids is 2. The molecule has 0 spiro atoms. The van der Waals surface area contributed by atoms with Gasteiger partial charge in [0.2, 0.25) is 0 Å². The number of nitrogens with one attached hydrogen (secondary N) is 1. The molecule has 9 heteroatoms. The van der Waals surface area contributed by atoms with E-state index in [1.54, 1.807) is 25.1 Å². The molecule has 1 aliphatic rings. The molecule has 1 aliphatic heterocycles. The number of benzene rings is 2. The first-order chi connectivity index (χ1) is 15.1. The van der Waals surface area contributed by atoms with Gasteiger partial charge < -0.3 is 4.42 Å². The lowest BCUT2D eigenvalue weighted by atomic mass is 10.1. The maximum Gasteiger partial charge on any atom is 0.416 e. The average molecular weight is 456 g/mol. The second kappa shape index (κ2) is 8.08. The predicted octanol–water partition coefficient (Wildman–Crippen LogP) is 5.11. The van der Waals surface area contributed by atoms with E-state index in [9.17, 15) is 22.8 Å². The number of halogens is 3. The Balaban J connectivity index is 1.68. The third kappa shape index (κ3) is 4.06. The van der Waals surface area contributed by atoms with Crippen molar-refractivity contribution in [3.8, 4) is 11.3 Å². The van der Waals surface area contributed by atoms with Gasteiger partial charge in [0.15, 0.2) is 5.11 Å². The van der Waals surface area contributed by atoms with Crippen LogP contribution in [0.1, 0.15) is 16.9 Å².